The quantitative estimate of drug-likeness (QED) is 0.600. The summed E-state index contributed by atoms with van der Waals surface area (Å²) in [5, 5.41) is 5.72. The van der Waals surface area contributed by atoms with E-state index >= 15 is 0 Å². The molecule has 0 aliphatic heterocycles. The zero-order valence-corrected chi connectivity index (χ0v) is 11.4. The number of carbonyl (C=O) groups is 1. The largest absolute Gasteiger partial charge is 0.394 e. The van der Waals surface area contributed by atoms with Crippen LogP contribution in [0.15, 0.2) is 47.9 Å². The van der Waals surface area contributed by atoms with Crippen molar-refractivity contribution in [2.24, 2.45) is 5.73 Å². The topological polar surface area (TPSA) is 67.1 Å². The van der Waals surface area contributed by atoms with Crippen LogP contribution >= 0.6 is 0 Å². The molecule has 0 aromatic rings. The van der Waals surface area contributed by atoms with E-state index in [1.807, 2.05) is 45.3 Å². The minimum atomic E-state index is -0.0829. The van der Waals surface area contributed by atoms with Gasteiger partial charge in [-0.2, -0.15) is 0 Å². The lowest BCUT2D eigenvalue weighted by atomic mass is 10.1. The van der Waals surface area contributed by atoms with Crippen LogP contribution in [0.3, 0.4) is 0 Å². The Bertz CT molecular complexity index is 379. The van der Waals surface area contributed by atoms with E-state index in [-0.39, 0.29) is 5.91 Å². The molecular formula is C14H23N3O. The molecule has 0 spiro atoms. The van der Waals surface area contributed by atoms with Crippen molar-refractivity contribution in [3.63, 3.8) is 0 Å². The molecule has 0 aromatic carbocycles. The highest BCUT2D eigenvalue weighted by molar-refractivity contribution is 5.78. The van der Waals surface area contributed by atoms with Gasteiger partial charge in [-0.1, -0.05) is 18.2 Å². The van der Waals surface area contributed by atoms with Gasteiger partial charge < -0.3 is 16.4 Å². The summed E-state index contributed by atoms with van der Waals surface area (Å²) in [4.78, 5) is 11.5. The Morgan fingerprint density at radius 3 is 2.56 bits per heavy atom. The highest BCUT2D eigenvalue weighted by Gasteiger charge is 2.02. The van der Waals surface area contributed by atoms with Gasteiger partial charge in [-0.3, -0.25) is 4.79 Å². The summed E-state index contributed by atoms with van der Waals surface area (Å²) in [6.45, 7) is 8.04. The van der Waals surface area contributed by atoms with Gasteiger partial charge in [-0.05, 0) is 37.8 Å². The van der Waals surface area contributed by atoms with Crippen LogP contribution in [0.4, 0.5) is 0 Å². The molecule has 0 saturated heterocycles. The van der Waals surface area contributed by atoms with Crippen LogP contribution in [0, 0.1) is 0 Å². The third kappa shape index (κ3) is 6.70. The van der Waals surface area contributed by atoms with E-state index in [9.17, 15) is 4.79 Å². The lowest BCUT2D eigenvalue weighted by molar-refractivity contribution is -0.120. The van der Waals surface area contributed by atoms with E-state index in [1.165, 1.54) is 0 Å². The number of hydrogen-bond donors (Lipinski definition) is 3. The first-order valence-electron chi connectivity index (χ1n) is 5.92. The van der Waals surface area contributed by atoms with E-state index in [2.05, 4.69) is 17.2 Å². The van der Waals surface area contributed by atoms with Gasteiger partial charge in [-0.25, -0.2) is 0 Å². The van der Waals surface area contributed by atoms with Gasteiger partial charge in [-0.15, -0.1) is 0 Å². The highest BCUT2D eigenvalue weighted by atomic mass is 16.1. The van der Waals surface area contributed by atoms with E-state index in [0.29, 0.717) is 13.0 Å². The third-order valence-corrected chi connectivity index (χ3v) is 2.20. The lowest BCUT2D eigenvalue weighted by Gasteiger charge is -2.07. The summed E-state index contributed by atoms with van der Waals surface area (Å²) >= 11 is 0. The minimum Gasteiger partial charge on any atom is -0.394 e. The summed E-state index contributed by atoms with van der Waals surface area (Å²) < 4.78 is 0. The van der Waals surface area contributed by atoms with Crippen LogP contribution in [0.25, 0.3) is 0 Å². The first kappa shape index (κ1) is 16.2. The minimum absolute atomic E-state index is 0.0829. The summed E-state index contributed by atoms with van der Waals surface area (Å²) in [5.74, 6) is -0.0829. The standard InChI is InChI=1S/C14H23N3O/c1-5-13(17-14(18)6-8-15)10-12(11(2)3)7-9-16-4/h5,7,9-10,16H,2,6,8,15H2,1,3-4H3,(H,17,18)/b9-7-,12-10-,13-5+. The summed E-state index contributed by atoms with van der Waals surface area (Å²) in [6, 6.07) is 0. The molecule has 4 nitrogen and oxygen atoms in total. The molecule has 0 heterocycles. The molecule has 0 unspecified atom stereocenters. The molecule has 0 fully saturated rings. The van der Waals surface area contributed by atoms with Gasteiger partial charge in [0.25, 0.3) is 0 Å². The van der Waals surface area contributed by atoms with Crippen molar-refractivity contribution in [2.45, 2.75) is 20.3 Å². The second kappa shape index (κ2) is 9.24. The molecule has 18 heavy (non-hydrogen) atoms. The van der Waals surface area contributed by atoms with Gasteiger partial charge in [0.05, 0.1) is 0 Å². The summed E-state index contributed by atoms with van der Waals surface area (Å²) in [6.07, 6.45) is 7.76. The van der Waals surface area contributed by atoms with Crippen LogP contribution in [-0.4, -0.2) is 19.5 Å². The fourth-order valence-corrected chi connectivity index (χ4v) is 1.20. The average Bonchev–Trinajstić information content (AvgIpc) is 2.32. The van der Waals surface area contributed by atoms with Gasteiger partial charge in [0.2, 0.25) is 5.91 Å². The van der Waals surface area contributed by atoms with Crippen LogP contribution in [0.2, 0.25) is 0 Å². The van der Waals surface area contributed by atoms with Crippen LogP contribution in [-0.2, 0) is 4.79 Å². The van der Waals surface area contributed by atoms with Gasteiger partial charge in [0.1, 0.15) is 0 Å². The SMILES string of the molecule is C=C(C)C(/C=C\NC)=C\C(=C/C)NC(=O)CCN. The molecule has 4 heteroatoms. The average molecular weight is 249 g/mol. The molecule has 0 aliphatic rings. The summed E-state index contributed by atoms with van der Waals surface area (Å²) in [5.41, 5.74) is 7.95. The predicted octanol–water partition coefficient (Wildman–Crippen LogP) is 1.59. The first-order valence-corrected chi connectivity index (χ1v) is 5.92. The fraction of sp³-hybridized carbons (Fsp3) is 0.357. The molecule has 0 rings (SSSR count). The van der Waals surface area contributed by atoms with Crippen LogP contribution in [0.5, 0.6) is 0 Å². The molecule has 0 radical (unpaired) electrons. The van der Waals surface area contributed by atoms with Crippen molar-refractivity contribution >= 4 is 5.91 Å². The Morgan fingerprint density at radius 2 is 2.11 bits per heavy atom. The van der Waals surface area contributed by atoms with Gasteiger partial charge in [0, 0.05) is 25.7 Å². The van der Waals surface area contributed by atoms with Crippen molar-refractivity contribution in [3.8, 4) is 0 Å². The molecule has 0 aliphatic carbocycles. The molecule has 100 valence electrons. The Morgan fingerprint density at radius 1 is 1.44 bits per heavy atom. The van der Waals surface area contributed by atoms with E-state index in [0.717, 1.165) is 16.8 Å². The second-order valence-corrected chi connectivity index (χ2v) is 3.83. The lowest BCUT2D eigenvalue weighted by Crippen LogP contribution is -2.24. The van der Waals surface area contributed by atoms with E-state index < -0.39 is 0 Å². The molecule has 0 saturated carbocycles. The van der Waals surface area contributed by atoms with Crippen LogP contribution in [0.1, 0.15) is 20.3 Å². The van der Waals surface area contributed by atoms with Crippen molar-refractivity contribution in [1.29, 1.82) is 0 Å². The molecular weight excluding hydrogens is 226 g/mol. The molecule has 0 bridgehead atoms. The van der Waals surface area contributed by atoms with E-state index in [4.69, 9.17) is 5.73 Å². The predicted molar refractivity (Wildman–Crippen MR) is 76.7 cm³/mol. The monoisotopic (exact) mass is 249 g/mol. The maximum absolute atomic E-state index is 11.5. The Labute approximate surface area is 109 Å². The number of hydrogen-bond acceptors (Lipinski definition) is 3. The van der Waals surface area contributed by atoms with Crippen molar-refractivity contribution in [3.05, 3.63) is 47.9 Å². The zero-order valence-electron chi connectivity index (χ0n) is 11.4. The maximum atomic E-state index is 11.5. The Kier molecular flexibility index (Phi) is 8.31. The second-order valence-electron chi connectivity index (χ2n) is 3.83. The van der Waals surface area contributed by atoms with Crippen molar-refractivity contribution in [2.75, 3.05) is 13.6 Å². The van der Waals surface area contributed by atoms with E-state index in [1.54, 1.807) is 0 Å². The number of amides is 1. The Balaban J connectivity index is 4.88. The first-order chi connectivity index (χ1) is 8.54. The highest BCUT2D eigenvalue weighted by Crippen LogP contribution is 2.11. The zero-order chi connectivity index (χ0) is 14.0. The Hall–Kier alpha value is -1.81. The summed E-state index contributed by atoms with van der Waals surface area (Å²) in [7, 11) is 1.83. The fourth-order valence-electron chi connectivity index (χ4n) is 1.20. The number of rotatable bonds is 7. The van der Waals surface area contributed by atoms with Crippen molar-refractivity contribution < 1.29 is 4.79 Å². The molecule has 1 amide bonds. The third-order valence-electron chi connectivity index (χ3n) is 2.20. The number of nitrogens with one attached hydrogen (secondary N) is 2. The van der Waals surface area contributed by atoms with Crippen LogP contribution < -0.4 is 16.4 Å². The molecule has 4 N–H and O–H groups in total. The van der Waals surface area contributed by atoms with Gasteiger partial charge >= 0.3 is 0 Å². The number of nitrogens with two attached hydrogens (primary N) is 1. The number of allylic oxidation sites excluding steroid dienone is 5. The van der Waals surface area contributed by atoms with Gasteiger partial charge in [0.15, 0.2) is 0 Å². The maximum Gasteiger partial charge on any atom is 0.225 e. The normalized spacial score (nSPS) is 12.7. The number of carbonyl (C=O) groups excluding carboxylic acids is 1. The van der Waals surface area contributed by atoms with Crippen molar-refractivity contribution in [1.82, 2.24) is 10.6 Å². The molecule has 0 aromatic heterocycles. The smallest absolute Gasteiger partial charge is 0.225 e. The molecule has 0 atom stereocenters.